The lowest BCUT2D eigenvalue weighted by Crippen LogP contribution is -2.35. The molecule has 28 heavy (non-hydrogen) atoms. The van der Waals surface area contributed by atoms with E-state index >= 15 is 0 Å². The number of aromatic nitrogens is 1. The molecule has 3 aromatic rings. The minimum Gasteiger partial charge on any atom is -0.495 e. The van der Waals surface area contributed by atoms with Gasteiger partial charge in [-0.05, 0) is 49.7 Å². The number of rotatable bonds is 6. The number of sulfonamides is 1. The number of hydrogen-bond acceptors (Lipinski definition) is 6. The summed E-state index contributed by atoms with van der Waals surface area (Å²) in [5, 5.41) is 3.58. The number of thiazole rings is 1. The summed E-state index contributed by atoms with van der Waals surface area (Å²) in [5.74, 6) is 0.0557. The monoisotopic (exact) mass is 419 g/mol. The Labute approximate surface area is 168 Å². The van der Waals surface area contributed by atoms with Crippen LogP contribution < -0.4 is 10.1 Å². The van der Waals surface area contributed by atoms with Crippen LogP contribution >= 0.6 is 11.3 Å². The predicted molar refractivity (Wildman–Crippen MR) is 111 cm³/mol. The summed E-state index contributed by atoms with van der Waals surface area (Å²) in [7, 11) is -0.925. The molecule has 1 amide bonds. The highest BCUT2D eigenvalue weighted by Crippen LogP contribution is 2.27. The van der Waals surface area contributed by atoms with E-state index < -0.39 is 15.9 Å². The largest absolute Gasteiger partial charge is 0.495 e. The molecule has 0 unspecified atom stereocenters. The van der Waals surface area contributed by atoms with Crippen LogP contribution in [0.4, 0.5) is 5.69 Å². The van der Waals surface area contributed by atoms with E-state index in [4.69, 9.17) is 4.74 Å². The first-order valence-corrected chi connectivity index (χ1v) is 10.7. The van der Waals surface area contributed by atoms with Gasteiger partial charge in [0.05, 0.1) is 39.5 Å². The van der Waals surface area contributed by atoms with Crippen LogP contribution in [-0.4, -0.2) is 44.3 Å². The molecule has 9 heteroatoms. The van der Waals surface area contributed by atoms with Crippen molar-refractivity contribution in [1.82, 2.24) is 9.29 Å². The fourth-order valence-electron chi connectivity index (χ4n) is 2.76. The molecular formula is C19H21N3O4S2. The molecule has 1 N–H and O–H groups in total. The Morgan fingerprint density at radius 1 is 1.21 bits per heavy atom. The lowest BCUT2D eigenvalue weighted by Gasteiger charge is -2.18. The molecule has 0 aliphatic carbocycles. The van der Waals surface area contributed by atoms with E-state index in [-0.39, 0.29) is 11.4 Å². The second-order valence-corrected chi connectivity index (χ2v) is 9.66. The van der Waals surface area contributed by atoms with Gasteiger partial charge in [0.15, 0.2) is 0 Å². The Kier molecular flexibility index (Phi) is 5.69. The highest BCUT2D eigenvalue weighted by molar-refractivity contribution is 7.89. The summed E-state index contributed by atoms with van der Waals surface area (Å²) in [6.45, 7) is 3.44. The lowest BCUT2D eigenvalue weighted by molar-refractivity contribution is -0.116. The summed E-state index contributed by atoms with van der Waals surface area (Å²) in [5.41, 5.74) is 2.21. The zero-order valence-corrected chi connectivity index (χ0v) is 17.6. The van der Waals surface area contributed by atoms with Gasteiger partial charge in [-0.3, -0.25) is 4.79 Å². The van der Waals surface area contributed by atoms with Crippen LogP contribution in [0.25, 0.3) is 10.2 Å². The molecule has 1 aromatic heterocycles. The minimum absolute atomic E-state index is 0.132. The van der Waals surface area contributed by atoms with Crippen LogP contribution in [0, 0.1) is 13.8 Å². The van der Waals surface area contributed by atoms with Gasteiger partial charge in [-0.15, -0.1) is 11.3 Å². The van der Waals surface area contributed by atoms with Crippen molar-refractivity contribution in [3.63, 3.8) is 0 Å². The first-order chi connectivity index (χ1) is 13.2. The van der Waals surface area contributed by atoms with Crippen molar-refractivity contribution in [3.8, 4) is 5.75 Å². The standard InChI is InChI=1S/C19H21N3O4S2/c1-12-5-8-17(26-4)16(9-12)21-19(23)11-22(3)28(24,25)14-6-7-15-18(10-14)27-13(2)20-15/h5-10H,11H2,1-4H3,(H,21,23). The van der Waals surface area contributed by atoms with Gasteiger partial charge in [0.1, 0.15) is 5.75 Å². The van der Waals surface area contributed by atoms with Crippen molar-refractivity contribution in [3.05, 3.63) is 47.0 Å². The van der Waals surface area contributed by atoms with Crippen LogP contribution in [0.3, 0.4) is 0 Å². The molecule has 148 valence electrons. The van der Waals surface area contributed by atoms with Gasteiger partial charge in [0.25, 0.3) is 0 Å². The lowest BCUT2D eigenvalue weighted by atomic mass is 10.2. The zero-order chi connectivity index (χ0) is 20.5. The molecule has 0 bridgehead atoms. The quantitative estimate of drug-likeness (QED) is 0.663. The maximum absolute atomic E-state index is 12.9. The molecule has 0 saturated carbocycles. The number of nitrogens with one attached hydrogen (secondary N) is 1. The number of fused-ring (bicyclic) bond motifs is 1. The van der Waals surface area contributed by atoms with E-state index in [1.807, 2.05) is 19.9 Å². The number of carbonyl (C=O) groups is 1. The third kappa shape index (κ3) is 4.16. The molecule has 0 radical (unpaired) electrons. The summed E-state index contributed by atoms with van der Waals surface area (Å²) in [4.78, 5) is 16.9. The first-order valence-electron chi connectivity index (χ1n) is 8.49. The maximum atomic E-state index is 12.9. The van der Waals surface area contributed by atoms with E-state index in [2.05, 4.69) is 10.3 Å². The van der Waals surface area contributed by atoms with Crippen LogP contribution in [0.2, 0.25) is 0 Å². The fraction of sp³-hybridized carbons (Fsp3) is 0.263. The number of aryl methyl sites for hydroxylation is 2. The minimum atomic E-state index is -3.81. The topological polar surface area (TPSA) is 88.6 Å². The van der Waals surface area contributed by atoms with Crippen LogP contribution in [0.15, 0.2) is 41.3 Å². The molecule has 2 aromatic carbocycles. The average molecular weight is 420 g/mol. The number of amides is 1. The summed E-state index contributed by atoms with van der Waals surface area (Å²) in [6, 6.07) is 10.2. The third-order valence-corrected chi connectivity index (χ3v) is 6.90. The Bertz CT molecular complexity index is 1140. The van der Waals surface area contributed by atoms with Gasteiger partial charge in [0.2, 0.25) is 15.9 Å². The van der Waals surface area contributed by atoms with Crippen molar-refractivity contribution >= 4 is 43.2 Å². The predicted octanol–water partition coefficient (Wildman–Crippen LogP) is 3.18. The molecule has 0 aliphatic rings. The van der Waals surface area contributed by atoms with Gasteiger partial charge in [0, 0.05) is 7.05 Å². The number of nitrogens with zero attached hydrogens (tertiary/aromatic N) is 2. The van der Waals surface area contributed by atoms with Gasteiger partial charge < -0.3 is 10.1 Å². The Balaban J connectivity index is 1.77. The Morgan fingerprint density at radius 3 is 2.68 bits per heavy atom. The summed E-state index contributed by atoms with van der Waals surface area (Å²) >= 11 is 1.43. The van der Waals surface area contributed by atoms with Crippen molar-refractivity contribution in [1.29, 1.82) is 0 Å². The van der Waals surface area contributed by atoms with Crippen molar-refractivity contribution < 1.29 is 17.9 Å². The Hall–Kier alpha value is -2.49. The number of likely N-dealkylation sites (N-methyl/N-ethyl adjacent to an activating group) is 1. The van der Waals surface area contributed by atoms with E-state index in [0.717, 1.165) is 25.1 Å². The van der Waals surface area contributed by atoms with Crippen LogP contribution in [0.1, 0.15) is 10.6 Å². The number of ether oxygens (including phenoxy) is 1. The van der Waals surface area contributed by atoms with Crippen LogP contribution in [0.5, 0.6) is 5.75 Å². The van der Waals surface area contributed by atoms with Gasteiger partial charge >= 0.3 is 0 Å². The third-order valence-electron chi connectivity index (χ3n) is 4.17. The Morgan fingerprint density at radius 2 is 1.96 bits per heavy atom. The highest BCUT2D eigenvalue weighted by Gasteiger charge is 2.24. The number of anilines is 1. The summed E-state index contributed by atoms with van der Waals surface area (Å²) < 4.78 is 32.8. The highest BCUT2D eigenvalue weighted by atomic mass is 32.2. The van der Waals surface area contributed by atoms with E-state index in [9.17, 15) is 13.2 Å². The van der Waals surface area contributed by atoms with E-state index in [1.165, 1.54) is 31.6 Å². The number of hydrogen-bond donors (Lipinski definition) is 1. The normalized spacial score (nSPS) is 11.8. The number of carbonyl (C=O) groups excluding carboxylic acids is 1. The molecule has 3 rings (SSSR count). The molecule has 0 atom stereocenters. The smallest absolute Gasteiger partial charge is 0.243 e. The SMILES string of the molecule is COc1ccc(C)cc1NC(=O)CN(C)S(=O)(=O)c1ccc2nc(C)sc2c1. The second kappa shape index (κ2) is 7.86. The fourth-order valence-corrected chi connectivity index (χ4v) is 4.85. The molecule has 0 spiro atoms. The van der Waals surface area contributed by atoms with Gasteiger partial charge in [-0.25, -0.2) is 13.4 Å². The zero-order valence-electron chi connectivity index (χ0n) is 16.0. The second-order valence-electron chi connectivity index (χ2n) is 6.38. The number of methoxy groups -OCH3 is 1. The maximum Gasteiger partial charge on any atom is 0.243 e. The van der Waals surface area contributed by atoms with Gasteiger partial charge in [-0.1, -0.05) is 6.07 Å². The molecule has 0 aliphatic heterocycles. The van der Waals surface area contributed by atoms with E-state index in [0.29, 0.717) is 11.4 Å². The van der Waals surface area contributed by atoms with Crippen molar-refractivity contribution in [2.24, 2.45) is 0 Å². The first kappa shape index (κ1) is 20.2. The molecule has 1 heterocycles. The molecule has 7 nitrogen and oxygen atoms in total. The molecule has 0 fully saturated rings. The van der Waals surface area contributed by atoms with Crippen molar-refractivity contribution in [2.45, 2.75) is 18.7 Å². The van der Waals surface area contributed by atoms with Crippen LogP contribution in [-0.2, 0) is 14.8 Å². The van der Waals surface area contributed by atoms with E-state index in [1.54, 1.807) is 24.3 Å². The number of benzene rings is 2. The molecular weight excluding hydrogens is 398 g/mol. The average Bonchev–Trinajstić information content (AvgIpc) is 3.00. The van der Waals surface area contributed by atoms with Crippen molar-refractivity contribution in [2.75, 3.05) is 26.0 Å². The molecule has 0 saturated heterocycles. The summed E-state index contributed by atoms with van der Waals surface area (Å²) in [6.07, 6.45) is 0. The van der Waals surface area contributed by atoms with Gasteiger partial charge in [-0.2, -0.15) is 4.31 Å².